The number of Topliss-reactive ketones (excluding diaryl/α,β-unsaturated/α-hetero) is 1. The summed E-state index contributed by atoms with van der Waals surface area (Å²) in [4.78, 5) is 11.5. The van der Waals surface area contributed by atoms with Gasteiger partial charge in [0.15, 0.2) is 5.78 Å². The summed E-state index contributed by atoms with van der Waals surface area (Å²) < 4.78 is 0. The van der Waals surface area contributed by atoms with Crippen LogP contribution in [0.4, 0.5) is 0 Å². The van der Waals surface area contributed by atoms with Gasteiger partial charge in [-0.2, -0.15) is 0 Å². The molecule has 0 aliphatic heterocycles. The lowest BCUT2D eigenvalue weighted by atomic mass is 9.81. The van der Waals surface area contributed by atoms with E-state index in [0.29, 0.717) is 12.8 Å². The number of benzene rings is 1. The maximum absolute atomic E-state index is 11.5. The first-order valence-electron chi connectivity index (χ1n) is 4.70. The molecule has 1 aromatic carbocycles. The summed E-state index contributed by atoms with van der Waals surface area (Å²) in [7, 11) is 0. The number of carbonyl (C=O) groups is 1. The van der Waals surface area contributed by atoms with Gasteiger partial charge in [0.25, 0.3) is 0 Å². The molecule has 1 atom stereocenters. The van der Waals surface area contributed by atoms with Crippen molar-refractivity contribution >= 4 is 5.78 Å². The van der Waals surface area contributed by atoms with Crippen molar-refractivity contribution in [2.24, 2.45) is 0 Å². The number of aliphatic hydroxyl groups excluding tert-OH is 1. The zero-order chi connectivity index (χ0) is 10.1. The first-order valence-corrected chi connectivity index (χ1v) is 4.70. The minimum atomic E-state index is -0.0658. The van der Waals surface area contributed by atoms with E-state index in [0.717, 1.165) is 11.1 Å². The van der Waals surface area contributed by atoms with Crippen molar-refractivity contribution in [3.05, 3.63) is 47.7 Å². The molecule has 0 heterocycles. The minimum absolute atomic E-state index is 0.0658. The summed E-state index contributed by atoms with van der Waals surface area (Å²) in [6, 6.07) is 7.43. The number of rotatable bonds is 1. The Labute approximate surface area is 82.9 Å². The molecule has 1 N–H and O–H groups in total. The number of aliphatic hydroxyl groups is 1. The molecule has 0 radical (unpaired) electrons. The molecular weight excluding hydrogens is 176 g/mol. The number of hydrogen-bond acceptors (Lipinski definition) is 2. The Kier molecular flexibility index (Phi) is 2.12. The van der Waals surface area contributed by atoms with E-state index in [1.165, 1.54) is 0 Å². The zero-order valence-electron chi connectivity index (χ0n) is 7.86. The molecular formula is C12H12O2. The van der Waals surface area contributed by atoms with Gasteiger partial charge < -0.3 is 5.11 Å². The van der Waals surface area contributed by atoms with Crippen molar-refractivity contribution in [2.75, 3.05) is 0 Å². The molecule has 0 spiro atoms. The van der Waals surface area contributed by atoms with Crippen LogP contribution in [0.25, 0.3) is 0 Å². The molecule has 1 aliphatic carbocycles. The van der Waals surface area contributed by atoms with Crippen LogP contribution in [0.5, 0.6) is 0 Å². The topological polar surface area (TPSA) is 37.3 Å². The summed E-state index contributed by atoms with van der Waals surface area (Å²) in [6.45, 7) is 3.55. The Morgan fingerprint density at radius 1 is 1.43 bits per heavy atom. The summed E-state index contributed by atoms with van der Waals surface area (Å²) in [5.74, 6) is 0.256. The van der Waals surface area contributed by atoms with Crippen LogP contribution in [0.3, 0.4) is 0 Å². The highest BCUT2D eigenvalue weighted by Crippen LogP contribution is 2.34. The van der Waals surface area contributed by atoms with E-state index < -0.39 is 0 Å². The molecule has 0 saturated heterocycles. The smallest absolute Gasteiger partial charge is 0.163 e. The Balaban J connectivity index is 2.52. The summed E-state index contributed by atoms with van der Waals surface area (Å²) in [6.07, 6.45) is 1.17. The SMILES string of the molecule is C=C(O)C1CCC(=O)c2ccccc21. The lowest BCUT2D eigenvalue weighted by molar-refractivity contribution is 0.0966. The van der Waals surface area contributed by atoms with E-state index in [-0.39, 0.29) is 17.5 Å². The minimum Gasteiger partial charge on any atom is -0.512 e. The molecule has 0 aromatic heterocycles. The normalized spacial score (nSPS) is 20.3. The largest absolute Gasteiger partial charge is 0.512 e. The molecule has 0 saturated carbocycles. The van der Waals surface area contributed by atoms with Gasteiger partial charge in [0.1, 0.15) is 0 Å². The third kappa shape index (κ3) is 1.33. The Hall–Kier alpha value is -1.57. The Bertz CT molecular complexity index is 393. The van der Waals surface area contributed by atoms with Crippen LogP contribution in [0, 0.1) is 0 Å². The van der Waals surface area contributed by atoms with Gasteiger partial charge in [0.2, 0.25) is 0 Å². The molecule has 2 rings (SSSR count). The lowest BCUT2D eigenvalue weighted by Gasteiger charge is -2.23. The predicted molar refractivity (Wildman–Crippen MR) is 54.5 cm³/mol. The van der Waals surface area contributed by atoms with E-state index in [2.05, 4.69) is 6.58 Å². The highest BCUT2D eigenvalue weighted by molar-refractivity contribution is 5.98. The predicted octanol–water partition coefficient (Wildman–Crippen LogP) is 2.82. The number of allylic oxidation sites excluding steroid dienone is 1. The molecule has 2 heteroatoms. The van der Waals surface area contributed by atoms with Crippen LogP contribution in [-0.4, -0.2) is 10.9 Å². The van der Waals surface area contributed by atoms with Gasteiger partial charge >= 0.3 is 0 Å². The quantitative estimate of drug-likeness (QED) is 0.688. The van der Waals surface area contributed by atoms with Crippen molar-refractivity contribution in [1.82, 2.24) is 0 Å². The van der Waals surface area contributed by atoms with E-state index in [4.69, 9.17) is 0 Å². The molecule has 72 valence electrons. The zero-order valence-corrected chi connectivity index (χ0v) is 7.86. The maximum atomic E-state index is 11.5. The summed E-state index contributed by atoms with van der Waals surface area (Å²) >= 11 is 0. The van der Waals surface area contributed by atoms with Gasteiger partial charge in [-0.05, 0) is 12.0 Å². The number of carbonyl (C=O) groups excluding carboxylic acids is 1. The van der Waals surface area contributed by atoms with Crippen molar-refractivity contribution < 1.29 is 9.90 Å². The van der Waals surface area contributed by atoms with Crippen molar-refractivity contribution in [3.8, 4) is 0 Å². The van der Waals surface area contributed by atoms with Crippen LogP contribution < -0.4 is 0 Å². The van der Waals surface area contributed by atoms with E-state index >= 15 is 0 Å². The third-order valence-electron chi connectivity index (χ3n) is 2.70. The standard InChI is InChI=1S/C12H12O2/c1-8(13)9-6-7-12(14)11-5-3-2-4-10(9)11/h2-5,9,13H,1,6-7H2. The molecule has 14 heavy (non-hydrogen) atoms. The van der Waals surface area contributed by atoms with Crippen LogP contribution in [0.1, 0.15) is 34.7 Å². The second kappa shape index (κ2) is 3.29. The average Bonchev–Trinajstić information content (AvgIpc) is 2.18. The van der Waals surface area contributed by atoms with Crippen molar-refractivity contribution in [3.63, 3.8) is 0 Å². The van der Waals surface area contributed by atoms with Gasteiger partial charge in [0, 0.05) is 17.9 Å². The van der Waals surface area contributed by atoms with Gasteiger partial charge in [-0.25, -0.2) is 0 Å². The molecule has 0 amide bonds. The van der Waals surface area contributed by atoms with Crippen molar-refractivity contribution in [1.29, 1.82) is 0 Å². The highest BCUT2D eigenvalue weighted by Gasteiger charge is 2.26. The van der Waals surface area contributed by atoms with E-state index in [9.17, 15) is 9.90 Å². The van der Waals surface area contributed by atoms with E-state index in [1.54, 1.807) is 0 Å². The molecule has 1 aromatic rings. The van der Waals surface area contributed by atoms with E-state index in [1.807, 2.05) is 24.3 Å². The Morgan fingerprint density at radius 3 is 2.86 bits per heavy atom. The second-order valence-corrected chi connectivity index (χ2v) is 3.59. The van der Waals surface area contributed by atoms with Crippen LogP contribution in [-0.2, 0) is 0 Å². The number of ketones is 1. The van der Waals surface area contributed by atoms with Crippen LogP contribution in [0.15, 0.2) is 36.6 Å². The highest BCUT2D eigenvalue weighted by atomic mass is 16.3. The molecule has 0 fully saturated rings. The third-order valence-corrected chi connectivity index (χ3v) is 2.70. The van der Waals surface area contributed by atoms with Gasteiger partial charge in [0.05, 0.1) is 5.76 Å². The maximum Gasteiger partial charge on any atom is 0.163 e. The molecule has 2 nitrogen and oxygen atoms in total. The van der Waals surface area contributed by atoms with Crippen molar-refractivity contribution in [2.45, 2.75) is 18.8 Å². The monoisotopic (exact) mass is 188 g/mol. The summed E-state index contributed by atoms with van der Waals surface area (Å²) in [5.41, 5.74) is 1.65. The molecule has 0 bridgehead atoms. The fourth-order valence-corrected chi connectivity index (χ4v) is 1.97. The summed E-state index contributed by atoms with van der Waals surface area (Å²) in [5, 5.41) is 9.40. The van der Waals surface area contributed by atoms with Crippen LogP contribution in [0.2, 0.25) is 0 Å². The van der Waals surface area contributed by atoms with Gasteiger partial charge in [-0.1, -0.05) is 30.8 Å². The lowest BCUT2D eigenvalue weighted by Crippen LogP contribution is -2.16. The van der Waals surface area contributed by atoms with Gasteiger partial charge in [-0.15, -0.1) is 0 Å². The first kappa shape index (κ1) is 9.00. The number of fused-ring (bicyclic) bond motifs is 1. The van der Waals surface area contributed by atoms with Crippen LogP contribution >= 0.6 is 0 Å². The molecule has 1 aliphatic rings. The fourth-order valence-electron chi connectivity index (χ4n) is 1.97. The van der Waals surface area contributed by atoms with Gasteiger partial charge in [-0.3, -0.25) is 4.79 Å². The Morgan fingerprint density at radius 2 is 2.14 bits per heavy atom. The molecule has 1 unspecified atom stereocenters. The fraction of sp³-hybridized carbons (Fsp3) is 0.250. The average molecular weight is 188 g/mol. The first-order chi connectivity index (χ1) is 6.70. The number of hydrogen-bond donors (Lipinski definition) is 1. The second-order valence-electron chi connectivity index (χ2n) is 3.59.